The summed E-state index contributed by atoms with van der Waals surface area (Å²) in [6.07, 6.45) is 1.93. The number of halogens is 3. The Bertz CT molecular complexity index is 1560. The lowest BCUT2D eigenvalue weighted by atomic mass is 10.2. The van der Waals surface area contributed by atoms with E-state index in [9.17, 15) is 14.0 Å². The Hall–Kier alpha value is -3.57. The van der Waals surface area contributed by atoms with Gasteiger partial charge in [-0.05, 0) is 54.6 Å². The molecule has 3 aromatic carbocycles. The number of nitrogens with one attached hydrogen (secondary N) is 1. The topological polar surface area (TPSA) is 94.8 Å². The zero-order valence-corrected chi connectivity index (χ0v) is 23.0. The van der Waals surface area contributed by atoms with Gasteiger partial charge in [0, 0.05) is 26.6 Å². The summed E-state index contributed by atoms with van der Waals surface area (Å²) in [6, 6.07) is 14.1. The van der Waals surface area contributed by atoms with E-state index in [-0.39, 0.29) is 17.9 Å². The Kier molecular flexibility index (Phi) is 8.34. The minimum atomic E-state index is -0.451. The third-order valence-corrected chi connectivity index (χ3v) is 6.20. The van der Waals surface area contributed by atoms with E-state index in [0.29, 0.717) is 44.6 Å². The number of rotatable bonds is 8. The van der Waals surface area contributed by atoms with Crippen LogP contribution in [0.3, 0.4) is 0 Å². The fourth-order valence-electron chi connectivity index (χ4n) is 3.52. The molecule has 190 valence electrons. The number of methoxy groups -OCH3 is 1. The molecule has 0 aliphatic carbocycles. The number of hydrogen-bond donors (Lipinski definition) is 1. The molecule has 0 unspecified atom stereocenters. The van der Waals surface area contributed by atoms with Crippen LogP contribution >= 0.6 is 31.9 Å². The van der Waals surface area contributed by atoms with Crippen LogP contribution in [0.4, 0.5) is 10.1 Å². The molecule has 0 radical (unpaired) electrons. The Morgan fingerprint density at radius 1 is 1.14 bits per heavy atom. The first-order valence-corrected chi connectivity index (χ1v) is 12.7. The number of benzene rings is 3. The van der Waals surface area contributed by atoms with Gasteiger partial charge in [0.05, 0.1) is 24.2 Å². The summed E-state index contributed by atoms with van der Waals surface area (Å²) < 4.78 is 27.0. The van der Waals surface area contributed by atoms with Crippen molar-refractivity contribution in [3.05, 3.63) is 91.1 Å². The average Bonchev–Trinajstić information content (AvgIpc) is 2.88. The number of anilines is 1. The summed E-state index contributed by atoms with van der Waals surface area (Å²) in [5.74, 6) is 0.241. The molecular weight excluding hydrogens is 611 g/mol. The fourth-order valence-corrected chi connectivity index (χ4v) is 4.34. The number of aromatic nitrogens is 2. The number of ether oxygens (including phenoxy) is 2. The van der Waals surface area contributed by atoms with Crippen LogP contribution in [0.1, 0.15) is 18.3 Å². The van der Waals surface area contributed by atoms with Crippen molar-refractivity contribution in [2.75, 3.05) is 19.0 Å². The van der Waals surface area contributed by atoms with Crippen LogP contribution in [0.15, 0.2) is 73.4 Å². The summed E-state index contributed by atoms with van der Waals surface area (Å²) in [5.41, 5.74) is 1.16. The van der Waals surface area contributed by atoms with Gasteiger partial charge < -0.3 is 14.8 Å². The second kappa shape index (κ2) is 11.7. The quantitative estimate of drug-likeness (QED) is 0.258. The summed E-state index contributed by atoms with van der Waals surface area (Å²) in [6.45, 7) is 1.54. The number of carbonyl (C=O) groups excluding carboxylic acids is 1. The molecule has 0 saturated carbocycles. The summed E-state index contributed by atoms with van der Waals surface area (Å²) in [4.78, 5) is 30.2. The van der Waals surface area contributed by atoms with Gasteiger partial charge in [-0.15, -0.1) is 0 Å². The number of aryl methyl sites for hydroxylation is 1. The SMILES string of the molecule is CCc1nc2ccc(Br)cc2c(=O)n1N=Cc1cc(Br)cc(OC)c1OCC(=O)Nc1ccc(F)cc1. The van der Waals surface area contributed by atoms with Crippen LogP contribution in [0.5, 0.6) is 11.5 Å². The van der Waals surface area contributed by atoms with Gasteiger partial charge in [-0.2, -0.15) is 9.78 Å². The van der Waals surface area contributed by atoms with Crippen molar-refractivity contribution >= 4 is 60.6 Å². The number of carbonyl (C=O) groups is 1. The molecule has 1 N–H and O–H groups in total. The molecule has 0 saturated heterocycles. The standard InChI is InChI=1S/C26H21Br2FN4O4/c1-3-23-32-21-9-4-16(27)11-20(21)26(35)33(23)30-13-15-10-17(28)12-22(36-2)25(15)37-14-24(34)31-19-7-5-18(29)6-8-19/h4-13H,3,14H2,1-2H3,(H,31,34). The zero-order chi connectivity index (χ0) is 26.5. The Labute approximate surface area is 228 Å². The van der Waals surface area contributed by atoms with Crippen LogP contribution in [0, 0.1) is 5.82 Å². The highest BCUT2D eigenvalue weighted by atomic mass is 79.9. The van der Waals surface area contributed by atoms with Crippen molar-refractivity contribution < 1.29 is 18.7 Å². The average molecular weight is 632 g/mol. The number of hydrogen-bond acceptors (Lipinski definition) is 6. The first kappa shape index (κ1) is 26.5. The van der Waals surface area contributed by atoms with Gasteiger partial charge in [0.25, 0.3) is 11.5 Å². The maximum absolute atomic E-state index is 13.2. The van der Waals surface area contributed by atoms with E-state index in [1.54, 1.807) is 24.3 Å². The number of nitrogens with zero attached hydrogens (tertiary/aromatic N) is 3. The van der Waals surface area contributed by atoms with E-state index in [2.05, 4.69) is 47.3 Å². The van der Waals surface area contributed by atoms with E-state index in [1.165, 1.54) is 42.3 Å². The van der Waals surface area contributed by atoms with Gasteiger partial charge in [0.1, 0.15) is 11.6 Å². The molecule has 0 aliphatic heterocycles. The van der Waals surface area contributed by atoms with Crippen LogP contribution in [-0.4, -0.2) is 35.5 Å². The van der Waals surface area contributed by atoms with Gasteiger partial charge in [0.15, 0.2) is 18.1 Å². The van der Waals surface area contributed by atoms with Gasteiger partial charge >= 0.3 is 0 Å². The van der Waals surface area contributed by atoms with Crippen LogP contribution in [0.2, 0.25) is 0 Å². The third-order valence-electron chi connectivity index (χ3n) is 5.25. The van der Waals surface area contributed by atoms with Gasteiger partial charge in [-0.25, -0.2) is 9.37 Å². The highest BCUT2D eigenvalue weighted by molar-refractivity contribution is 9.10. The normalized spacial score (nSPS) is 11.2. The van der Waals surface area contributed by atoms with E-state index in [0.717, 1.165) is 4.47 Å². The molecule has 11 heteroatoms. The molecule has 1 heterocycles. The molecule has 0 aliphatic rings. The molecule has 4 rings (SSSR count). The maximum Gasteiger partial charge on any atom is 0.282 e. The van der Waals surface area contributed by atoms with Gasteiger partial charge in [-0.1, -0.05) is 38.8 Å². The molecule has 0 atom stereocenters. The van der Waals surface area contributed by atoms with E-state index in [1.807, 2.05) is 13.0 Å². The molecule has 1 aromatic heterocycles. The Morgan fingerprint density at radius 3 is 2.59 bits per heavy atom. The maximum atomic E-state index is 13.2. The lowest BCUT2D eigenvalue weighted by molar-refractivity contribution is -0.118. The lowest BCUT2D eigenvalue weighted by Gasteiger charge is -2.14. The van der Waals surface area contributed by atoms with Crippen molar-refractivity contribution in [2.24, 2.45) is 5.10 Å². The third kappa shape index (κ3) is 6.23. The zero-order valence-electron chi connectivity index (χ0n) is 19.8. The molecule has 4 aromatic rings. The number of amides is 1. The van der Waals surface area contributed by atoms with Crippen LogP contribution < -0.4 is 20.3 Å². The molecule has 37 heavy (non-hydrogen) atoms. The molecular formula is C26H21Br2FN4O4. The van der Waals surface area contributed by atoms with E-state index in [4.69, 9.17) is 9.47 Å². The summed E-state index contributed by atoms with van der Waals surface area (Å²) in [7, 11) is 1.47. The molecule has 0 fully saturated rings. The molecule has 1 amide bonds. The van der Waals surface area contributed by atoms with Crippen molar-refractivity contribution in [3.63, 3.8) is 0 Å². The van der Waals surface area contributed by atoms with E-state index < -0.39 is 11.7 Å². The Morgan fingerprint density at radius 2 is 1.89 bits per heavy atom. The molecule has 0 bridgehead atoms. The van der Waals surface area contributed by atoms with Crippen molar-refractivity contribution in [1.29, 1.82) is 0 Å². The number of fused-ring (bicyclic) bond motifs is 1. The van der Waals surface area contributed by atoms with Gasteiger partial charge in [-0.3, -0.25) is 9.59 Å². The van der Waals surface area contributed by atoms with Crippen molar-refractivity contribution in [2.45, 2.75) is 13.3 Å². The second-order valence-electron chi connectivity index (χ2n) is 7.77. The minimum Gasteiger partial charge on any atom is -0.493 e. The van der Waals surface area contributed by atoms with Crippen LogP contribution in [0.25, 0.3) is 10.9 Å². The highest BCUT2D eigenvalue weighted by Crippen LogP contribution is 2.34. The van der Waals surface area contributed by atoms with Gasteiger partial charge in [0.2, 0.25) is 0 Å². The van der Waals surface area contributed by atoms with Crippen LogP contribution in [-0.2, 0) is 11.2 Å². The Balaban J connectivity index is 1.66. The minimum absolute atomic E-state index is 0.256. The molecule has 0 spiro atoms. The summed E-state index contributed by atoms with van der Waals surface area (Å²) in [5, 5.41) is 7.47. The smallest absolute Gasteiger partial charge is 0.282 e. The molecule has 8 nitrogen and oxygen atoms in total. The first-order chi connectivity index (χ1) is 17.8. The highest BCUT2D eigenvalue weighted by Gasteiger charge is 2.15. The fraction of sp³-hybridized carbons (Fsp3) is 0.154. The monoisotopic (exact) mass is 630 g/mol. The largest absolute Gasteiger partial charge is 0.493 e. The lowest BCUT2D eigenvalue weighted by Crippen LogP contribution is -2.22. The first-order valence-electron chi connectivity index (χ1n) is 11.1. The predicted molar refractivity (Wildman–Crippen MR) is 147 cm³/mol. The second-order valence-corrected chi connectivity index (χ2v) is 9.61. The predicted octanol–water partition coefficient (Wildman–Crippen LogP) is 5.53. The summed E-state index contributed by atoms with van der Waals surface area (Å²) >= 11 is 6.82. The van der Waals surface area contributed by atoms with Crippen molar-refractivity contribution in [3.8, 4) is 11.5 Å². The van der Waals surface area contributed by atoms with Crippen molar-refractivity contribution in [1.82, 2.24) is 9.66 Å². The van der Waals surface area contributed by atoms with E-state index >= 15 is 0 Å².